The van der Waals surface area contributed by atoms with Crippen LogP contribution in [0.4, 0.5) is 10.8 Å². The number of primary amides is 1. The largest absolute Gasteiger partial charge is 0.456 e. The molecule has 240 valence electrons. The van der Waals surface area contributed by atoms with E-state index in [1.54, 1.807) is 26.2 Å². The van der Waals surface area contributed by atoms with Crippen molar-refractivity contribution in [2.45, 2.75) is 57.7 Å². The van der Waals surface area contributed by atoms with Crippen molar-refractivity contribution in [3.63, 3.8) is 0 Å². The third kappa shape index (κ3) is 6.26. The van der Waals surface area contributed by atoms with Crippen LogP contribution in [0, 0.1) is 22.0 Å². The summed E-state index contributed by atoms with van der Waals surface area (Å²) in [4.78, 5) is 71.4. The Morgan fingerprint density at radius 1 is 1.24 bits per heavy atom. The van der Waals surface area contributed by atoms with Crippen LogP contribution < -0.4 is 10.6 Å². The number of nitrogens with two attached hydrogens (primary N) is 1. The standard InChI is InChI=1S/C29H34N6O8S2/c1-14(2)33(11-21(30)37)26(38)20-13-44-29(31-20)32-9-19(10-32)45-25-15(3)23-22(16(4)36)27(39)34(23)24(25)28(40)43-12-17-5-7-18(8-6-17)35(41)42/h5-8,13-16,19,22-23,36H,9-12H2,1-4H3,(H2,30,37)/t15-,16-,22-,23-/m1/s1. The number of nitrogens with zero attached hydrogens (tertiary/aromatic N) is 5. The summed E-state index contributed by atoms with van der Waals surface area (Å²) in [6, 6.07) is 5.07. The minimum absolute atomic E-state index is 0.0591. The maximum absolute atomic E-state index is 13.4. The Labute approximate surface area is 267 Å². The van der Waals surface area contributed by atoms with Crippen LogP contribution in [0.2, 0.25) is 0 Å². The first-order valence-electron chi connectivity index (χ1n) is 14.4. The van der Waals surface area contributed by atoms with Crippen LogP contribution in [0.3, 0.4) is 0 Å². The number of benzene rings is 1. The Morgan fingerprint density at radius 2 is 1.91 bits per heavy atom. The number of ether oxygens (including phenoxy) is 1. The van der Waals surface area contributed by atoms with E-state index in [-0.39, 0.29) is 65.3 Å². The molecule has 14 nitrogen and oxygen atoms in total. The molecule has 3 aliphatic rings. The summed E-state index contributed by atoms with van der Waals surface area (Å²) in [6.07, 6.45) is -0.876. The summed E-state index contributed by atoms with van der Waals surface area (Å²) < 4.78 is 5.58. The second-order valence-electron chi connectivity index (χ2n) is 11.6. The van der Waals surface area contributed by atoms with Crippen LogP contribution in [-0.2, 0) is 25.7 Å². The molecule has 0 spiro atoms. The second kappa shape index (κ2) is 12.8. The summed E-state index contributed by atoms with van der Waals surface area (Å²) in [5.74, 6) is -2.82. The lowest BCUT2D eigenvalue weighted by atomic mass is 9.79. The van der Waals surface area contributed by atoms with E-state index in [4.69, 9.17) is 10.5 Å². The molecule has 2 saturated heterocycles. The van der Waals surface area contributed by atoms with Crippen molar-refractivity contribution in [1.29, 1.82) is 0 Å². The summed E-state index contributed by atoms with van der Waals surface area (Å²) in [6.45, 7) is 7.92. The van der Waals surface area contributed by atoms with Gasteiger partial charge in [-0.1, -0.05) is 6.92 Å². The fourth-order valence-corrected chi connectivity index (χ4v) is 8.10. The number of thioether (sulfide) groups is 1. The quantitative estimate of drug-likeness (QED) is 0.147. The average molecular weight is 659 g/mol. The van der Waals surface area contributed by atoms with Gasteiger partial charge in [0, 0.05) is 52.7 Å². The Kier molecular flexibility index (Phi) is 9.19. The Bertz CT molecular complexity index is 1550. The van der Waals surface area contributed by atoms with Crippen LogP contribution in [0.5, 0.6) is 0 Å². The Hall–Kier alpha value is -4.02. The number of thiazole rings is 1. The van der Waals surface area contributed by atoms with Crippen molar-refractivity contribution in [2.75, 3.05) is 24.5 Å². The van der Waals surface area contributed by atoms with Gasteiger partial charge < -0.3 is 30.3 Å². The molecule has 3 aliphatic heterocycles. The number of fused-ring (bicyclic) bond motifs is 1. The van der Waals surface area contributed by atoms with Gasteiger partial charge in [-0.3, -0.25) is 24.5 Å². The maximum atomic E-state index is 13.4. The molecule has 45 heavy (non-hydrogen) atoms. The smallest absolute Gasteiger partial charge is 0.356 e. The van der Waals surface area contributed by atoms with Crippen LogP contribution in [0.15, 0.2) is 40.2 Å². The number of amides is 3. The number of nitro benzene ring substituents is 1. The first kappa shape index (κ1) is 32.4. The lowest BCUT2D eigenvalue weighted by Gasteiger charge is -2.46. The van der Waals surface area contributed by atoms with Gasteiger partial charge in [0.15, 0.2) is 5.13 Å². The number of non-ortho nitro benzene ring substituents is 1. The summed E-state index contributed by atoms with van der Waals surface area (Å²) >= 11 is 2.81. The normalized spacial score (nSPS) is 21.7. The highest BCUT2D eigenvalue weighted by molar-refractivity contribution is 8.03. The zero-order valence-corrected chi connectivity index (χ0v) is 26.7. The molecule has 1 aromatic heterocycles. The lowest BCUT2D eigenvalue weighted by molar-refractivity contribution is -0.384. The van der Waals surface area contributed by atoms with Crippen molar-refractivity contribution < 1.29 is 33.9 Å². The molecule has 0 unspecified atom stereocenters. The predicted molar refractivity (Wildman–Crippen MR) is 166 cm³/mol. The van der Waals surface area contributed by atoms with Crippen LogP contribution in [0.1, 0.15) is 43.7 Å². The molecule has 4 atom stereocenters. The number of nitro groups is 1. The van der Waals surface area contributed by atoms with Gasteiger partial charge in [0.2, 0.25) is 11.8 Å². The summed E-state index contributed by atoms with van der Waals surface area (Å²) in [5, 5.41) is 23.6. The molecule has 3 amide bonds. The fourth-order valence-electron chi connectivity index (χ4n) is 5.76. The van der Waals surface area contributed by atoms with E-state index in [2.05, 4.69) is 4.98 Å². The van der Waals surface area contributed by atoms with E-state index in [1.807, 2.05) is 11.8 Å². The molecule has 1 aromatic carbocycles. The summed E-state index contributed by atoms with van der Waals surface area (Å²) in [7, 11) is 0. The number of rotatable bonds is 12. The third-order valence-electron chi connectivity index (χ3n) is 8.15. The van der Waals surface area contributed by atoms with Crippen LogP contribution in [0.25, 0.3) is 0 Å². The van der Waals surface area contributed by atoms with E-state index in [0.29, 0.717) is 28.7 Å². The number of carbonyl (C=O) groups is 4. The van der Waals surface area contributed by atoms with Crippen LogP contribution >= 0.6 is 23.1 Å². The third-order valence-corrected chi connectivity index (χ3v) is 10.5. The molecular formula is C29H34N6O8S2. The van der Waals surface area contributed by atoms with E-state index >= 15 is 0 Å². The zero-order valence-electron chi connectivity index (χ0n) is 25.1. The number of aliphatic hydroxyl groups excluding tert-OH is 1. The van der Waals surface area contributed by atoms with Crippen molar-refractivity contribution in [3.8, 4) is 0 Å². The van der Waals surface area contributed by atoms with E-state index in [1.165, 1.54) is 57.2 Å². The van der Waals surface area contributed by atoms with Crippen molar-refractivity contribution in [2.24, 2.45) is 17.6 Å². The second-order valence-corrected chi connectivity index (χ2v) is 13.8. The van der Waals surface area contributed by atoms with E-state index in [0.717, 1.165) is 0 Å². The molecule has 3 N–H and O–H groups in total. The topological polar surface area (TPSA) is 190 Å². The molecule has 0 radical (unpaired) electrons. The number of anilines is 1. The number of esters is 1. The van der Waals surface area contributed by atoms with Crippen molar-refractivity contribution in [1.82, 2.24) is 14.8 Å². The van der Waals surface area contributed by atoms with Gasteiger partial charge in [-0.15, -0.1) is 23.1 Å². The number of aromatic nitrogens is 1. The zero-order chi connectivity index (χ0) is 32.7. The average Bonchev–Trinajstić information content (AvgIpc) is 3.53. The van der Waals surface area contributed by atoms with E-state index in [9.17, 15) is 34.4 Å². The highest BCUT2D eigenvalue weighted by atomic mass is 32.2. The first-order chi connectivity index (χ1) is 21.3. The number of hydrogen-bond donors (Lipinski definition) is 2. The SMILES string of the molecule is CC(C)N(CC(N)=O)C(=O)c1csc(N2CC(SC3=C(C(=O)OCc4ccc([N+](=O)[O-])cc4)N4C(=O)[C@H]([C@@H](C)O)[C@H]4[C@H]3C)C2)n1. The number of β-lactam (4-membered cyclic amide) rings is 1. The molecular weight excluding hydrogens is 624 g/mol. The Morgan fingerprint density at radius 3 is 2.49 bits per heavy atom. The first-order valence-corrected chi connectivity index (χ1v) is 16.2. The molecule has 4 heterocycles. The monoisotopic (exact) mass is 658 g/mol. The molecule has 2 fully saturated rings. The van der Waals surface area contributed by atoms with Gasteiger partial charge in [0.25, 0.3) is 11.6 Å². The summed E-state index contributed by atoms with van der Waals surface area (Å²) in [5.41, 5.74) is 6.20. The van der Waals surface area contributed by atoms with Crippen LogP contribution in [-0.4, -0.2) is 91.6 Å². The molecule has 0 saturated carbocycles. The van der Waals surface area contributed by atoms with Crippen molar-refractivity contribution in [3.05, 3.63) is 61.6 Å². The van der Waals surface area contributed by atoms with Gasteiger partial charge in [-0.2, -0.15) is 0 Å². The number of hydrogen-bond acceptors (Lipinski definition) is 12. The number of carbonyl (C=O) groups excluding carboxylic acids is 4. The van der Waals surface area contributed by atoms with Gasteiger partial charge in [-0.25, -0.2) is 9.78 Å². The Balaban J connectivity index is 1.28. The van der Waals surface area contributed by atoms with Gasteiger partial charge in [-0.05, 0) is 38.5 Å². The van der Waals surface area contributed by atoms with Gasteiger partial charge >= 0.3 is 5.97 Å². The highest BCUT2D eigenvalue weighted by Crippen LogP contribution is 2.52. The van der Waals surface area contributed by atoms with E-state index < -0.39 is 28.8 Å². The fraction of sp³-hybridized carbons (Fsp3) is 0.483. The molecule has 0 bridgehead atoms. The van der Waals surface area contributed by atoms with Gasteiger partial charge in [0.05, 0.1) is 29.5 Å². The molecule has 5 rings (SSSR count). The lowest BCUT2D eigenvalue weighted by Crippen LogP contribution is -2.63. The molecule has 2 aromatic rings. The van der Waals surface area contributed by atoms with Crippen molar-refractivity contribution >= 4 is 57.6 Å². The minimum Gasteiger partial charge on any atom is -0.456 e. The minimum atomic E-state index is -0.876. The molecule has 0 aliphatic carbocycles. The predicted octanol–water partition coefficient (Wildman–Crippen LogP) is 2.12. The van der Waals surface area contributed by atoms with Gasteiger partial charge in [0.1, 0.15) is 18.0 Å². The maximum Gasteiger partial charge on any atom is 0.356 e. The number of aliphatic hydroxyl groups is 1. The highest BCUT2D eigenvalue weighted by Gasteiger charge is 2.60. The molecule has 16 heteroatoms.